The molecule has 0 spiro atoms. The SMILES string of the molecule is Cc1c(N)nn(C)c1-c1ccc2oc(=O)[nH]c2c1. The predicted octanol–water partition coefficient (Wildman–Crippen LogP) is 1.41. The van der Waals surface area contributed by atoms with Crippen LogP contribution in [0.15, 0.2) is 27.4 Å². The van der Waals surface area contributed by atoms with Gasteiger partial charge in [0.1, 0.15) is 5.82 Å². The first-order chi connectivity index (χ1) is 8.56. The lowest BCUT2D eigenvalue weighted by Crippen LogP contribution is -1.95. The molecule has 0 aliphatic carbocycles. The Morgan fingerprint density at radius 2 is 2.22 bits per heavy atom. The Balaban J connectivity index is 2.28. The van der Waals surface area contributed by atoms with Gasteiger partial charge in [0, 0.05) is 18.2 Å². The van der Waals surface area contributed by atoms with E-state index >= 15 is 0 Å². The molecule has 0 saturated carbocycles. The minimum absolute atomic E-state index is 0.455. The number of H-pyrrole nitrogens is 1. The van der Waals surface area contributed by atoms with E-state index in [1.165, 1.54) is 0 Å². The minimum Gasteiger partial charge on any atom is -0.408 e. The Hall–Kier alpha value is -2.50. The van der Waals surface area contributed by atoms with Crippen LogP contribution < -0.4 is 11.5 Å². The molecule has 1 aromatic carbocycles. The molecule has 0 aliphatic heterocycles. The second kappa shape index (κ2) is 3.49. The number of nitrogens with two attached hydrogens (primary N) is 1. The van der Waals surface area contributed by atoms with Gasteiger partial charge in [0.2, 0.25) is 0 Å². The number of hydrogen-bond donors (Lipinski definition) is 2. The summed E-state index contributed by atoms with van der Waals surface area (Å²) in [7, 11) is 1.83. The van der Waals surface area contributed by atoms with Crippen LogP contribution in [0, 0.1) is 6.92 Å². The molecule has 2 aromatic heterocycles. The Labute approximate surface area is 102 Å². The number of aromatic nitrogens is 3. The third-order valence-electron chi connectivity index (χ3n) is 3.01. The molecule has 0 aliphatic rings. The third kappa shape index (κ3) is 1.42. The number of fused-ring (bicyclic) bond motifs is 1. The van der Waals surface area contributed by atoms with E-state index in [1.54, 1.807) is 10.7 Å². The van der Waals surface area contributed by atoms with Crippen molar-refractivity contribution in [2.45, 2.75) is 6.92 Å². The van der Waals surface area contributed by atoms with Crippen molar-refractivity contribution in [1.82, 2.24) is 14.8 Å². The summed E-state index contributed by atoms with van der Waals surface area (Å²) in [6.45, 7) is 1.92. The molecule has 6 heteroatoms. The van der Waals surface area contributed by atoms with Gasteiger partial charge in [0.25, 0.3) is 0 Å². The average Bonchev–Trinajstić information content (AvgIpc) is 2.78. The number of nitrogens with one attached hydrogen (secondary N) is 1. The number of benzene rings is 1. The highest BCUT2D eigenvalue weighted by atomic mass is 16.4. The predicted molar refractivity (Wildman–Crippen MR) is 68.2 cm³/mol. The van der Waals surface area contributed by atoms with E-state index in [4.69, 9.17) is 10.2 Å². The van der Waals surface area contributed by atoms with Crippen LogP contribution in [0.25, 0.3) is 22.4 Å². The maximum atomic E-state index is 11.1. The summed E-state index contributed by atoms with van der Waals surface area (Å²) in [5, 5.41) is 4.17. The van der Waals surface area contributed by atoms with E-state index in [2.05, 4.69) is 10.1 Å². The molecule has 3 rings (SSSR count). The van der Waals surface area contributed by atoms with Gasteiger partial charge in [-0.3, -0.25) is 9.67 Å². The lowest BCUT2D eigenvalue weighted by atomic mass is 10.1. The number of oxazole rings is 1. The molecular weight excluding hydrogens is 232 g/mol. The van der Waals surface area contributed by atoms with Gasteiger partial charge in [-0.2, -0.15) is 5.10 Å². The van der Waals surface area contributed by atoms with Gasteiger partial charge in [-0.1, -0.05) is 0 Å². The van der Waals surface area contributed by atoms with Gasteiger partial charge < -0.3 is 10.2 Å². The van der Waals surface area contributed by atoms with E-state index < -0.39 is 5.76 Å². The molecule has 3 aromatic rings. The molecule has 0 radical (unpaired) electrons. The number of rotatable bonds is 1. The summed E-state index contributed by atoms with van der Waals surface area (Å²) in [5.41, 5.74) is 9.77. The quantitative estimate of drug-likeness (QED) is 0.677. The van der Waals surface area contributed by atoms with Gasteiger partial charge >= 0.3 is 5.76 Å². The first-order valence-electron chi connectivity index (χ1n) is 5.48. The first-order valence-corrected chi connectivity index (χ1v) is 5.48. The zero-order chi connectivity index (χ0) is 12.9. The maximum Gasteiger partial charge on any atom is 0.417 e. The zero-order valence-corrected chi connectivity index (χ0v) is 10.0. The molecule has 0 atom stereocenters. The van der Waals surface area contributed by atoms with Crippen molar-refractivity contribution < 1.29 is 4.42 Å². The van der Waals surface area contributed by atoms with Crippen molar-refractivity contribution >= 4 is 16.9 Å². The number of anilines is 1. The van der Waals surface area contributed by atoms with Crippen LogP contribution in [0.2, 0.25) is 0 Å². The van der Waals surface area contributed by atoms with E-state index in [-0.39, 0.29) is 0 Å². The fourth-order valence-corrected chi connectivity index (χ4v) is 2.15. The summed E-state index contributed by atoms with van der Waals surface area (Å²) >= 11 is 0. The summed E-state index contributed by atoms with van der Waals surface area (Å²) in [6.07, 6.45) is 0. The van der Waals surface area contributed by atoms with Crippen LogP contribution in [0.5, 0.6) is 0 Å². The number of nitrogen functional groups attached to an aromatic ring is 1. The van der Waals surface area contributed by atoms with Crippen LogP contribution >= 0.6 is 0 Å². The lowest BCUT2D eigenvalue weighted by molar-refractivity contribution is 0.555. The van der Waals surface area contributed by atoms with Gasteiger partial charge in [-0.15, -0.1) is 0 Å². The maximum absolute atomic E-state index is 11.1. The standard InChI is InChI=1S/C12H12N4O2/c1-6-10(16(2)15-11(6)13)7-3-4-9-8(5-7)14-12(17)18-9/h3-5H,1-2H3,(H2,13,15)(H,14,17). The lowest BCUT2D eigenvalue weighted by Gasteiger charge is -2.03. The van der Waals surface area contributed by atoms with Crippen LogP contribution in [-0.2, 0) is 7.05 Å². The second-order valence-corrected chi connectivity index (χ2v) is 4.21. The van der Waals surface area contributed by atoms with Gasteiger partial charge in [-0.05, 0) is 25.1 Å². The van der Waals surface area contributed by atoms with Crippen molar-refractivity contribution in [2.24, 2.45) is 7.05 Å². The molecule has 0 saturated heterocycles. The van der Waals surface area contributed by atoms with Crippen LogP contribution in [0.4, 0.5) is 5.82 Å². The van der Waals surface area contributed by atoms with Gasteiger partial charge in [0.05, 0.1) is 11.2 Å². The highest BCUT2D eigenvalue weighted by molar-refractivity contribution is 5.80. The summed E-state index contributed by atoms with van der Waals surface area (Å²) < 4.78 is 6.69. The molecule has 0 amide bonds. The number of aromatic amines is 1. The summed E-state index contributed by atoms with van der Waals surface area (Å²) in [4.78, 5) is 13.7. The van der Waals surface area contributed by atoms with E-state index in [0.717, 1.165) is 16.8 Å². The first kappa shape index (κ1) is 10.6. The number of aryl methyl sites for hydroxylation is 1. The summed E-state index contributed by atoms with van der Waals surface area (Å²) in [5.74, 6) is 0.0525. The second-order valence-electron chi connectivity index (χ2n) is 4.21. The van der Waals surface area contributed by atoms with Crippen molar-refractivity contribution in [1.29, 1.82) is 0 Å². The molecule has 92 valence electrons. The highest BCUT2D eigenvalue weighted by Gasteiger charge is 2.13. The highest BCUT2D eigenvalue weighted by Crippen LogP contribution is 2.28. The summed E-state index contributed by atoms with van der Waals surface area (Å²) in [6, 6.07) is 5.48. The Morgan fingerprint density at radius 1 is 1.44 bits per heavy atom. The van der Waals surface area contributed by atoms with E-state index in [0.29, 0.717) is 16.9 Å². The largest absolute Gasteiger partial charge is 0.417 e. The molecule has 0 unspecified atom stereocenters. The molecule has 2 heterocycles. The minimum atomic E-state index is -0.455. The van der Waals surface area contributed by atoms with Crippen molar-refractivity contribution in [3.8, 4) is 11.3 Å². The zero-order valence-electron chi connectivity index (χ0n) is 10.0. The number of nitrogens with zero attached hydrogens (tertiary/aromatic N) is 2. The Bertz CT molecular complexity index is 794. The van der Waals surface area contributed by atoms with E-state index in [9.17, 15) is 4.79 Å². The molecule has 0 fully saturated rings. The van der Waals surface area contributed by atoms with Gasteiger partial charge in [0.15, 0.2) is 5.58 Å². The fourth-order valence-electron chi connectivity index (χ4n) is 2.15. The third-order valence-corrected chi connectivity index (χ3v) is 3.01. The average molecular weight is 244 g/mol. The fraction of sp³-hybridized carbons (Fsp3) is 0.167. The monoisotopic (exact) mass is 244 g/mol. The topological polar surface area (TPSA) is 89.8 Å². The number of hydrogen-bond acceptors (Lipinski definition) is 4. The van der Waals surface area contributed by atoms with Gasteiger partial charge in [-0.25, -0.2) is 4.79 Å². The van der Waals surface area contributed by atoms with Crippen molar-refractivity contribution in [3.05, 3.63) is 34.3 Å². The van der Waals surface area contributed by atoms with Crippen LogP contribution in [0.3, 0.4) is 0 Å². The Kier molecular flexibility index (Phi) is 2.07. The van der Waals surface area contributed by atoms with E-state index in [1.807, 2.05) is 26.1 Å². The Morgan fingerprint density at radius 3 is 2.89 bits per heavy atom. The molecule has 18 heavy (non-hydrogen) atoms. The molecular formula is C12H12N4O2. The van der Waals surface area contributed by atoms with Crippen LogP contribution in [0.1, 0.15) is 5.56 Å². The van der Waals surface area contributed by atoms with Crippen LogP contribution in [-0.4, -0.2) is 14.8 Å². The normalized spacial score (nSPS) is 11.2. The smallest absolute Gasteiger partial charge is 0.408 e. The molecule has 0 bridgehead atoms. The van der Waals surface area contributed by atoms with Crippen molar-refractivity contribution in [2.75, 3.05) is 5.73 Å². The molecule has 3 N–H and O–H groups in total. The molecule has 6 nitrogen and oxygen atoms in total. The van der Waals surface area contributed by atoms with Crippen molar-refractivity contribution in [3.63, 3.8) is 0 Å².